The largest absolute Gasteiger partial charge is 0.386 e. The van der Waals surface area contributed by atoms with E-state index in [0.29, 0.717) is 19.8 Å². The Morgan fingerprint density at radius 2 is 2.56 bits per heavy atom. The number of nitrogens with one attached hydrogen (secondary N) is 1. The highest BCUT2D eigenvalue weighted by atomic mass is 32.1. The summed E-state index contributed by atoms with van der Waals surface area (Å²) < 4.78 is 5.18. The minimum Gasteiger partial charge on any atom is -0.386 e. The lowest BCUT2D eigenvalue weighted by Crippen LogP contribution is -2.40. The van der Waals surface area contributed by atoms with Gasteiger partial charge in [-0.25, -0.2) is 4.98 Å². The highest BCUT2D eigenvalue weighted by molar-refractivity contribution is 7.11. The molecule has 0 aromatic carbocycles. The molecule has 1 saturated heterocycles. The maximum absolute atomic E-state index is 10.0. The predicted octanol–water partition coefficient (Wildman–Crippen LogP) is 0.946. The van der Waals surface area contributed by atoms with Gasteiger partial charge in [0, 0.05) is 37.2 Å². The Bertz CT molecular complexity index is 334. The van der Waals surface area contributed by atoms with E-state index >= 15 is 0 Å². The summed E-state index contributed by atoms with van der Waals surface area (Å²) >= 11 is 1.73. The molecule has 0 spiro atoms. The fourth-order valence-electron chi connectivity index (χ4n) is 1.75. The second kappa shape index (κ2) is 5.23. The summed E-state index contributed by atoms with van der Waals surface area (Å²) in [7, 11) is 0. The number of rotatable bonds is 5. The van der Waals surface area contributed by atoms with Gasteiger partial charge in [0.05, 0.1) is 11.6 Å². The number of aryl methyl sites for hydroxylation is 1. The highest BCUT2D eigenvalue weighted by Crippen LogP contribution is 2.18. The fourth-order valence-corrected chi connectivity index (χ4v) is 2.58. The van der Waals surface area contributed by atoms with Crippen LogP contribution in [-0.4, -0.2) is 35.5 Å². The van der Waals surface area contributed by atoms with E-state index in [0.717, 1.165) is 19.4 Å². The van der Waals surface area contributed by atoms with Crippen LogP contribution >= 0.6 is 11.3 Å². The molecule has 0 saturated carbocycles. The smallest absolute Gasteiger partial charge is 0.103 e. The van der Waals surface area contributed by atoms with Crippen molar-refractivity contribution in [2.75, 3.05) is 19.8 Å². The Hall–Kier alpha value is -0.490. The number of hydrogen-bond donors (Lipinski definition) is 2. The second-order valence-corrected chi connectivity index (χ2v) is 5.40. The predicted molar refractivity (Wildman–Crippen MR) is 63.6 cm³/mol. The minimum absolute atomic E-state index is 0.447. The monoisotopic (exact) mass is 242 g/mol. The molecule has 2 N–H and O–H groups in total. The molecule has 0 radical (unpaired) electrons. The van der Waals surface area contributed by atoms with Gasteiger partial charge in [-0.1, -0.05) is 6.92 Å². The first-order valence-electron chi connectivity index (χ1n) is 5.66. The summed E-state index contributed by atoms with van der Waals surface area (Å²) in [5.41, 5.74) is -0.668. The van der Waals surface area contributed by atoms with E-state index in [1.54, 1.807) is 11.3 Å². The zero-order valence-electron chi connectivity index (χ0n) is 9.53. The molecule has 4 nitrogen and oxygen atoms in total. The molecule has 1 aliphatic heterocycles. The van der Waals surface area contributed by atoms with Crippen molar-refractivity contribution in [3.05, 3.63) is 16.1 Å². The summed E-state index contributed by atoms with van der Waals surface area (Å²) in [4.78, 5) is 5.52. The molecule has 0 bridgehead atoms. The van der Waals surface area contributed by atoms with Crippen molar-refractivity contribution < 1.29 is 9.84 Å². The van der Waals surface area contributed by atoms with E-state index in [-0.39, 0.29) is 0 Å². The van der Waals surface area contributed by atoms with E-state index < -0.39 is 5.60 Å². The summed E-state index contributed by atoms with van der Waals surface area (Å²) in [6.07, 6.45) is 3.62. The van der Waals surface area contributed by atoms with Gasteiger partial charge in [-0.05, 0) is 6.42 Å². The Morgan fingerprint density at radius 1 is 1.69 bits per heavy atom. The maximum atomic E-state index is 10.0. The number of ether oxygens (including phenoxy) is 1. The van der Waals surface area contributed by atoms with Crippen LogP contribution in [0.1, 0.15) is 23.2 Å². The summed E-state index contributed by atoms with van der Waals surface area (Å²) in [5.74, 6) is 0. The number of hydrogen-bond acceptors (Lipinski definition) is 5. The molecular weight excluding hydrogens is 224 g/mol. The molecule has 1 aromatic rings. The molecule has 2 rings (SSSR count). The summed E-state index contributed by atoms with van der Waals surface area (Å²) in [6.45, 7) is 4.59. The molecule has 0 amide bonds. The van der Waals surface area contributed by atoms with Crippen molar-refractivity contribution in [2.45, 2.75) is 31.9 Å². The van der Waals surface area contributed by atoms with E-state index in [1.165, 1.54) is 9.88 Å². The Morgan fingerprint density at radius 3 is 3.19 bits per heavy atom. The van der Waals surface area contributed by atoms with Gasteiger partial charge in [-0.3, -0.25) is 0 Å². The van der Waals surface area contributed by atoms with Gasteiger partial charge in [0.1, 0.15) is 5.60 Å². The third-order valence-corrected chi connectivity index (χ3v) is 3.88. The lowest BCUT2D eigenvalue weighted by atomic mass is 10.0. The Balaban J connectivity index is 1.75. The van der Waals surface area contributed by atoms with Crippen molar-refractivity contribution in [3.63, 3.8) is 0 Å². The van der Waals surface area contributed by atoms with E-state index in [4.69, 9.17) is 4.74 Å². The zero-order chi connectivity index (χ0) is 11.4. The Labute approximate surface area is 99.7 Å². The van der Waals surface area contributed by atoms with Crippen LogP contribution in [0.15, 0.2) is 6.20 Å². The number of aliphatic hydroxyl groups is 1. The maximum Gasteiger partial charge on any atom is 0.103 e. The van der Waals surface area contributed by atoms with Gasteiger partial charge in [0.25, 0.3) is 0 Å². The number of nitrogens with zero attached hydrogens (tertiary/aromatic N) is 1. The van der Waals surface area contributed by atoms with Crippen LogP contribution in [0.4, 0.5) is 0 Å². The molecule has 1 aromatic heterocycles. The lowest BCUT2D eigenvalue weighted by Gasteiger charge is -2.20. The molecule has 1 fully saturated rings. The zero-order valence-corrected chi connectivity index (χ0v) is 10.3. The van der Waals surface area contributed by atoms with Crippen molar-refractivity contribution in [1.29, 1.82) is 0 Å². The van der Waals surface area contributed by atoms with Crippen molar-refractivity contribution in [3.8, 4) is 0 Å². The second-order valence-electron chi connectivity index (χ2n) is 4.20. The first-order chi connectivity index (χ1) is 7.72. The van der Waals surface area contributed by atoms with Gasteiger partial charge in [0.2, 0.25) is 0 Å². The van der Waals surface area contributed by atoms with E-state index in [9.17, 15) is 5.11 Å². The standard InChI is InChI=1S/C11H18N2O2S/c1-2-10-13-6-9(16-10)5-12-7-11(14)3-4-15-8-11/h6,12,14H,2-5,7-8H2,1H3. The number of thiazole rings is 1. The average molecular weight is 242 g/mol. The molecule has 16 heavy (non-hydrogen) atoms. The van der Waals surface area contributed by atoms with Crippen LogP contribution in [0.5, 0.6) is 0 Å². The van der Waals surface area contributed by atoms with Gasteiger partial charge in [-0.15, -0.1) is 11.3 Å². The average Bonchev–Trinajstić information content (AvgIpc) is 2.88. The molecule has 5 heteroatoms. The van der Waals surface area contributed by atoms with Crippen molar-refractivity contribution in [2.24, 2.45) is 0 Å². The van der Waals surface area contributed by atoms with Gasteiger partial charge >= 0.3 is 0 Å². The van der Waals surface area contributed by atoms with Crippen LogP contribution in [0.25, 0.3) is 0 Å². The third-order valence-electron chi connectivity index (χ3n) is 2.74. The van der Waals surface area contributed by atoms with Crippen LogP contribution in [0.2, 0.25) is 0 Å². The summed E-state index contributed by atoms with van der Waals surface area (Å²) in [5, 5.41) is 14.4. The lowest BCUT2D eigenvalue weighted by molar-refractivity contribution is 0.0269. The molecule has 1 aliphatic rings. The van der Waals surface area contributed by atoms with Gasteiger partial charge in [-0.2, -0.15) is 0 Å². The normalized spacial score (nSPS) is 25.1. The molecular formula is C11H18N2O2S. The van der Waals surface area contributed by atoms with Crippen LogP contribution < -0.4 is 5.32 Å². The fraction of sp³-hybridized carbons (Fsp3) is 0.727. The quantitative estimate of drug-likeness (QED) is 0.807. The van der Waals surface area contributed by atoms with Crippen LogP contribution in [-0.2, 0) is 17.7 Å². The summed E-state index contributed by atoms with van der Waals surface area (Å²) in [6, 6.07) is 0. The van der Waals surface area contributed by atoms with Crippen molar-refractivity contribution in [1.82, 2.24) is 10.3 Å². The highest BCUT2D eigenvalue weighted by Gasteiger charge is 2.31. The van der Waals surface area contributed by atoms with Gasteiger partial charge < -0.3 is 15.2 Å². The number of aromatic nitrogens is 1. The molecule has 1 unspecified atom stereocenters. The van der Waals surface area contributed by atoms with E-state index in [1.807, 2.05) is 6.20 Å². The van der Waals surface area contributed by atoms with Crippen LogP contribution in [0, 0.1) is 0 Å². The SMILES string of the molecule is CCc1ncc(CNCC2(O)CCOC2)s1. The molecule has 2 heterocycles. The Kier molecular flexibility index (Phi) is 3.91. The molecule has 1 atom stereocenters. The topological polar surface area (TPSA) is 54.4 Å². The third kappa shape index (κ3) is 3.01. The first kappa shape index (κ1) is 12.0. The van der Waals surface area contributed by atoms with Gasteiger partial charge in [0.15, 0.2) is 0 Å². The van der Waals surface area contributed by atoms with Crippen molar-refractivity contribution >= 4 is 11.3 Å². The molecule has 90 valence electrons. The van der Waals surface area contributed by atoms with Crippen LogP contribution in [0.3, 0.4) is 0 Å². The first-order valence-corrected chi connectivity index (χ1v) is 6.48. The van der Waals surface area contributed by atoms with E-state index in [2.05, 4.69) is 17.2 Å². The molecule has 0 aliphatic carbocycles. The minimum atomic E-state index is -0.668.